The third-order valence-corrected chi connectivity index (χ3v) is 5.90. The van der Waals surface area contributed by atoms with Gasteiger partial charge in [-0.05, 0) is 18.9 Å². The molecule has 0 aromatic rings. The molecule has 0 fully saturated rings. The van der Waals surface area contributed by atoms with Gasteiger partial charge in [0.2, 0.25) is 0 Å². The van der Waals surface area contributed by atoms with Gasteiger partial charge in [-0.25, -0.2) is 0 Å². The zero-order chi connectivity index (χ0) is 19.8. The number of hydrogen-bond acceptors (Lipinski definition) is 4. The average Bonchev–Trinajstić information content (AvgIpc) is 2.42. The highest BCUT2D eigenvalue weighted by molar-refractivity contribution is 8.01. The molecular formula is C12H19F6NO4S2. The second-order valence-corrected chi connectivity index (χ2v) is 8.56. The minimum atomic E-state index is -6.63. The van der Waals surface area contributed by atoms with Crippen LogP contribution in [0.1, 0.15) is 51.9 Å². The lowest BCUT2D eigenvalue weighted by atomic mass is 10.1. The van der Waals surface area contributed by atoms with Gasteiger partial charge in [-0.3, -0.25) is 0 Å². The summed E-state index contributed by atoms with van der Waals surface area (Å²) in [6, 6.07) is 0. The quantitative estimate of drug-likeness (QED) is 0.283. The van der Waals surface area contributed by atoms with Crippen molar-refractivity contribution in [2.75, 3.05) is 0 Å². The fourth-order valence-electron chi connectivity index (χ4n) is 1.51. The largest absolute Gasteiger partial charge is 0.519 e. The summed E-state index contributed by atoms with van der Waals surface area (Å²) < 4.78 is 112. The van der Waals surface area contributed by atoms with E-state index in [-0.39, 0.29) is 12.7 Å². The SMILES string of the molecule is CCCCCCCC/C=C\OS(=O)(=NS(=O)(=O)C(F)(F)F)C(F)(F)F. The van der Waals surface area contributed by atoms with E-state index in [1.807, 2.05) is 6.92 Å². The highest BCUT2D eigenvalue weighted by Gasteiger charge is 2.53. The maximum absolute atomic E-state index is 12.6. The van der Waals surface area contributed by atoms with Crippen molar-refractivity contribution in [3.63, 3.8) is 0 Å². The Morgan fingerprint density at radius 2 is 1.40 bits per heavy atom. The summed E-state index contributed by atoms with van der Waals surface area (Å²) >= 11 is 0. The molecule has 1 atom stereocenters. The molecule has 0 aromatic heterocycles. The summed E-state index contributed by atoms with van der Waals surface area (Å²) in [6.07, 6.45) is 6.89. The minimum absolute atomic E-state index is 0.228. The van der Waals surface area contributed by atoms with Crippen molar-refractivity contribution in [2.24, 2.45) is 3.77 Å². The molecule has 0 N–H and O–H groups in total. The minimum Gasteiger partial charge on any atom is -0.397 e. The van der Waals surface area contributed by atoms with Crippen LogP contribution in [0, 0.1) is 0 Å². The lowest BCUT2D eigenvalue weighted by Gasteiger charge is -2.12. The second-order valence-electron chi connectivity index (χ2n) is 4.94. The van der Waals surface area contributed by atoms with Gasteiger partial charge in [-0.15, -0.1) is 0 Å². The first-order valence-electron chi connectivity index (χ1n) is 7.26. The van der Waals surface area contributed by atoms with Crippen molar-refractivity contribution < 1.29 is 43.2 Å². The van der Waals surface area contributed by atoms with E-state index < -0.39 is 31.0 Å². The van der Waals surface area contributed by atoms with Gasteiger partial charge in [0.05, 0.1) is 0 Å². The fourth-order valence-corrected chi connectivity index (χ4v) is 3.70. The third kappa shape index (κ3) is 8.29. The Balaban J connectivity index is 4.94. The molecule has 0 spiro atoms. The maximum atomic E-state index is 12.6. The van der Waals surface area contributed by atoms with Crippen molar-refractivity contribution in [1.29, 1.82) is 0 Å². The van der Waals surface area contributed by atoms with Crippen LogP contribution in [0.2, 0.25) is 0 Å². The van der Waals surface area contributed by atoms with Gasteiger partial charge in [0, 0.05) is 0 Å². The Kier molecular flexibility index (Phi) is 9.27. The zero-order valence-corrected chi connectivity index (χ0v) is 14.9. The smallest absolute Gasteiger partial charge is 0.397 e. The molecule has 5 nitrogen and oxygen atoms in total. The van der Waals surface area contributed by atoms with Crippen molar-refractivity contribution in [1.82, 2.24) is 0 Å². The summed E-state index contributed by atoms with van der Waals surface area (Å²) in [7, 11) is -12.7. The molecule has 0 amide bonds. The molecule has 0 saturated carbocycles. The third-order valence-electron chi connectivity index (χ3n) is 2.79. The number of sulfonamides is 1. The number of unbranched alkanes of at least 4 members (excludes halogenated alkanes) is 6. The molecular weight excluding hydrogens is 400 g/mol. The van der Waals surface area contributed by atoms with E-state index in [1.165, 1.54) is 3.77 Å². The number of halogens is 6. The first kappa shape index (κ1) is 24.0. The van der Waals surface area contributed by atoms with E-state index in [2.05, 4.69) is 4.18 Å². The van der Waals surface area contributed by atoms with Gasteiger partial charge in [0.1, 0.15) is 6.26 Å². The lowest BCUT2D eigenvalue weighted by Crippen LogP contribution is -2.29. The van der Waals surface area contributed by atoms with Crippen LogP contribution in [0.15, 0.2) is 16.1 Å². The Morgan fingerprint density at radius 1 is 0.880 bits per heavy atom. The first-order chi connectivity index (χ1) is 11.3. The van der Waals surface area contributed by atoms with Crippen LogP contribution in [0.5, 0.6) is 0 Å². The summed E-state index contributed by atoms with van der Waals surface area (Å²) in [5.74, 6) is 0. The van der Waals surface area contributed by atoms with Crippen LogP contribution in [-0.4, -0.2) is 23.6 Å². The Morgan fingerprint density at radius 3 is 1.88 bits per heavy atom. The maximum Gasteiger partial charge on any atom is 0.519 e. The highest BCUT2D eigenvalue weighted by atomic mass is 32.3. The van der Waals surface area contributed by atoms with E-state index in [4.69, 9.17) is 0 Å². The van der Waals surface area contributed by atoms with Gasteiger partial charge in [0.25, 0.3) is 0 Å². The van der Waals surface area contributed by atoms with Gasteiger partial charge < -0.3 is 4.18 Å². The van der Waals surface area contributed by atoms with Crippen molar-refractivity contribution in [3.05, 3.63) is 12.3 Å². The summed E-state index contributed by atoms with van der Waals surface area (Å²) in [5.41, 5.74) is -12.0. The topological polar surface area (TPSA) is 72.8 Å². The summed E-state index contributed by atoms with van der Waals surface area (Å²) in [4.78, 5) is 0. The molecule has 0 bridgehead atoms. The number of rotatable bonds is 10. The molecule has 0 aliphatic carbocycles. The predicted octanol–water partition coefficient (Wildman–Crippen LogP) is 5.02. The van der Waals surface area contributed by atoms with Crippen LogP contribution in [-0.2, 0) is 24.2 Å². The molecule has 13 heteroatoms. The summed E-state index contributed by atoms with van der Waals surface area (Å²) in [5, 5.41) is 0. The zero-order valence-electron chi connectivity index (χ0n) is 13.3. The molecule has 25 heavy (non-hydrogen) atoms. The number of allylic oxidation sites excluding steroid dienone is 1. The Hall–Kier alpha value is -0.980. The second kappa shape index (κ2) is 9.64. The molecule has 0 aliphatic heterocycles. The normalized spacial score (nSPS) is 16.0. The highest BCUT2D eigenvalue weighted by Crippen LogP contribution is 2.33. The molecule has 1 unspecified atom stereocenters. The van der Waals surface area contributed by atoms with Crippen LogP contribution in [0.25, 0.3) is 0 Å². The van der Waals surface area contributed by atoms with Crippen molar-refractivity contribution in [3.8, 4) is 0 Å². The fraction of sp³-hybridized carbons (Fsp3) is 0.833. The number of nitrogens with zero attached hydrogens (tertiary/aromatic N) is 1. The molecule has 0 aromatic carbocycles. The molecule has 150 valence electrons. The molecule has 0 saturated heterocycles. The lowest BCUT2D eigenvalue weighted by molar-refractivity contribution is -0.0481. The van der Waals surface area contributed by atoms with Crippen LogP contribution in [0.3, 0.4) is 0 Å². The van der Waals surface area contributed by atoms with Crippen molar-refractivity contribution >= 4 is 20.0 Å². The van der Waals surface area contributed by atoms with Crippen LogP contribution in [0.4, 0.5) is 26.3 Å². The number of alkyl halides is 6. The Bertz CT molecular complexity index is 645. The van der Waals surface area contributed by atoms with E-state index >= 15 is 0 Å². The van der Waals surface area contributed by atoms with Gasteiger partial charge in [-0.2, -0.15) is 39.0 Å². The van der Waals surface area contributed by atoms with Gasteiger partial charge in [-0.1, -0.05) is 42.8 Å². The predicted molar refractivity (Wildman–Crippen MR) is 79.8 cm³/mol. The monoisotopic (exact) mass is 419 g/mol. The standard InChI is InChI=1S/C12H19F6NO4S2/c1-2-3-4-5-6-7-8-9-10-23-25(22,12(16,17)18)19-24(20,21)11(13,14)15/h9-10H,2-8H2,1H3/b10-9-. The van der Waals surface area contributed by atoms with Gasteiger partial charge >= 0.3 is 31.0 Å². The molecule has 0 heterocycles. The van der Waals surface area contributed by atoms with E-state index in [1.54, 1.807) is 0 Å². The van der Waals surface area contributed by atoms with E-state index in [0.717, 1.165) is 38.2 Å². The van der Waals surface area contributed by atoms with E-state index in [0.29, 0.717) is 6.42 Å². The first-order valence-corrected chi connectivity index (χ1v) is 10.1. The number of hydrogen-bond donors (Lipinski definition) is 0. The van der Waals surface area contributed by atoms with E-state index in [9.17, 15) is 39.0 Å². The van der Waals surface area contributed by atoms with Crippen molar-refractivity contribution in [2.45, 2.75) is 62.9 Å². The summed E-state index contributed by atoms with van der Waals surface area (Å²) in [6.45, 7) is 2.03. The molecule has 0 rings (SSSR count). The van der Waals surface area contributed by atoms with Gasteiger partial charge in [0.15, 0.2) is 0 Å². The molecule has 0 radical (unpaired) electrons. The molecule has 0 aliphatic rings. The van der Waals surface area contributed by atoms with Crippen LogP contribution < -0.4 is 0 Å². The Labute approximate surface area is 142 Å². The van der Waals surface area contributed by atoms with Crippen LogP contribution >= 0.6 is 0 Å². The average molecular weight is 419 g/mol.